The molecule has 0 unspecified atom stereocenters. The molecule has 0 bridgehead atoms. The molecule has 1 saturated heterocycles. The molecule has 1 heterocycles. The van der Waals surface area contributed by atoms with Crippen LogP contribution in [0.2, 0.25) is 0 Å². The highest BCUT2D eigenvalue weighted by Gasteiger charge is 2.48. The fraction of sp³-hybridized carbons (Fsp3) is 0.911. The van der Waals surface area contributed by atoms with Crippen molar-refractivity contribution >= 4 is 11.8 Å². The monoisotopic (exact) mass is 766 g/mol. The van der Waals surface area contributed by atoms with Crippen molar-refractivity contribution in [2.75, 3.05) is 13.2 Å². The Morgan fingerprint density at radius 3 is 1.48 bits per heavy atom. The first-order chi connectivity index (χ1) is 26.3. The molecule has 0 aliphatic carbocycles. The number of nitrogens with zero attached hydrogens (tertiary/aromatic N) is 1. The summed E-state index contributed by atoms with van der Waals surface area (Å²) in [5.41, 5.74) is 5.82. The summed E-state index contributed by atoms with van der Waals surface area (Å²) in [6.45, 7) is 5.96. The maximum absolute atomic E-state index is 13.8. The number of allylic oxidation sites excluding steroid dienone is 2. The van der Waals surface area contributed by atoms with E-state index in [1.54, 1.807) is 11.8 Å². The van der Waals surface area contributed by atoms with Crippen LogP contribution in [-0.4, -0.2) is 81.8 Å². The van der Waals surface area contributed by atoms with E-state index in [4.69, 9.17) is 10.5 Å². The Bertz CT molecular complexity index is 918. The highest BCUT2D eigenvalue weighted by molar-refractivity contribution is 5.81. The van der Waals surface area contributed by atoms with Gasteiger partial charge in [-0.15, -0.1) is 0 Å². The van der Waals surface area contributed by atoms with Crippen LogP contribution < -0.4 is 11.1 Å². The van der Waals surface area contributed by atoms with Crippen molar-refractivity contribution < 1.29 is 29.6 Å². The molecule has 54 heavy (non-hydrogen) atoms. The fourth-order valence-electron chi connectivity index (χ4n) is 7.53. The summed E-state index contributed by atoms with van der Waals surface area (Å²) >= 11 is 0. The van der Waals surface area contributed by atoms with Crippen LogP contribution in [0.25, 0.3) is 0 Å². The summed E-state index contributed by atoms with van der Waals surface area (Å²) in [6.07, 6.45) is 35.5. The van der Waals surface area contributed by atoms with Gasteiger partial charge in [0.15, 0.2) is 6.23 Å². The molecule has 0 aromatic carbocycles. The lowest BCUT2D eigenvalue weighted by Gasteiger charge is -2.47. The minimum Gasteiger partial charge on any atom is -0.394 e. The third-order valence-electron chi connectivity index (χ3n) is 11.2. The molecule has 9 nitrogen and oxygen atoms in total. The van der Waals surface area contributed by atoms with Gasteiger partial charge in [0.2, 0.25) is 11.8 Å². The molecule has 0 aromatic rings. The molecular weight excluding hydrogens is 679 g/mol. The summed E-state index contributed by atoms with van der Waals surface area (Å²) in [6, 6.07) is -1.91. The van der Waals surface area contributed by atoms with Crippen molar-refractivity contribution in [1.29, 1.82) is 0 Å². The number of nitrogens with two attached hydrogens (primary N) is 1. The molecule has 1 rings (SSSR count). The van der Waals surface area contributed by atoms with Gasteiger partial charge in [-0.2, -0.15) is 0 Å². The van der Waals surface area contributed by atoms with Crippen molar-refractivity contribution in [2.45, 2.75) is 250 Å². The number of unbranched alkanes of at least 4 members (excludes halogenated alkanes) is 26. The first-order valence-corrected chi connectivity index (χ1v) is 22.9. The van der Waals surface area contributed by atoms with Crippen molar-refractivity contribution in [3.05, 3.63) is 12.2 Å². The van der Waals surface area contributed by atoms with Gasteiger partial charge >= 0.3 is 0 Å². The lowest BCUT2D eigenvalue weighted by Crippen LogP contribution is -2.69. The molecule has 2 amide bonds. The Morgan fingerprint density at radius 2 is 1.06 bits per heavy atom. The first-order valence-electron chi connectivity index (χ1n) is 22.9. The number of nitrogens with one attached hydrogen (secondary N) is 1. The number of hydrogen-bond donors (Lipinski definition) is 5. The normalized spacial score (nSPS) is 20.8. The van der Waals surface area contributed by atoms with Crippen molar-refractivity contribution in [1.82, 2.24) is 10.2 Å². The zero-order chi connectivity index (χ0) is 39.7. The molecule has 6 N–H and O–H groups in total. The topological polar surface area (TPSA) is 145 Å². The average Bonchev–Trinajstić information content (AvgIpc) is 3.16. The van der Waals surface area contributed by atoms with Gasteiger partial charge in [-0.05, 0) is 45.4 Å². The quantitative estimate of drug-likeness (QED) is 0.0316. The zero-order valence-electron chi connectivity index (χ0n) is 35.3. The van der Waals surface area contributed by atoms with Crippen molar-refractivity contribution in [2.24, 2.45) is 5.73 Å². The zero-order valence-corrected chi connectivity index (χ0v) is 35.3. The predicted octanol–water partition coefficient (Wildman–Crippen LogP) is 9.39. The van der Waals surface area contributed by atoms with E-state index >= 15 is 0 Å². The SMILES string of the molecule is CCCCCCCC/C=C/CCCCCCCC(=O)N(CCCCCCCCCCCCCCCCCC)[C@@H]1O[C@H](CO)[C@@H](O)[C@H](O)[C@H]1NC(=O)[C@H](C)N. The second-order valence-corrected chi connectivity index (χ2v) is 16.3. The van der Waals surface area contributed by atoms with Gasteiger partial charge in [-0.25, -0.2) is 0 Å². The Balaban J connectivity index is 2.56. The molecule has 0 aromatic heterocycles. The molecule has 1 aliphatic heterocycles. The van der Waals surface area contributed by atoms with Crippen LogP contribution in [0.1, 0.15) is 213 Å². The highest BCUT2D eigenvalue weighted by Crippen LogP contribution is 2.26. The van der Waals surface area contributed by atoms with Gasteiger partial charge in [0, 0.05) is 13.0 Å². The minimum atomic E-state index is -1.43. The van der Waals surface area contributed by atoms with E-state index < -0.39 is 49.1 Å². The number of aliphatic hydroxyl groups excluding tert-OH is 3. The van der Waals surface area contributed by atoms with E-state index in [9.17, 15) is 24.9 Å². The third-order valence-corrected chi connectivity index (χ3v) is 11.2. The summed E-state index contributed by atoms with van der Waals surface area (Å²) in [5, 5.41) is 34.4. The molecule has 1 fully saturated rings. The largest absolute Gasteiger partial charge is 0.394 e. The maximum Gasteiger partial charge on any atom is 0.237 e. The average molecular weight is 766 g/mol. The van der Waals surface area contributed by atoms with Gasteiger partial charge in [-0.1, -0.05) is 174 Å². The van der Waals surface area contributed by atoms with Gasteiger partial charge in [-0.3, -0.25) is 9.59 Å². The fourth-order valence-corrected chi connectivity index (χ4v) is 7.53. The molecular formula is C45H87N3O6. The van der Waals surface area contributed by atoms with Crippen LogP contribution in [-0.2, 0) is 14.3 Å². The molecule has 1 aliphatic rings. The van der Waals surface area contributed by atoms with Crippen LogP contribution in [0.15, 0.2) is 12.2 Å². The van der Waals surface area contributed by atoms with Crippen LogP contribution >= 0.6 is 0 Å². The summed E-state index contributed by atoms with van der Waals surface area (Å²) in [7, 11) is 0. The van der Waals surface area contributed by atoms with E-state index in [0.717, 1.165) is 57.8 Å². The number of hydrogen-bond acceptors (Lipinski definition) is 7. The predicted molar refractivity (Wildman–Crippen MR) is 224 cm³/mol. The van der Waals surface area contributed by atoms with Gasteiger partial charge in [0.05, 0.1) is 12.6 Å². The number of ether oxygens (including phenoxy) is 1. The minimum absolute atomic E-state index is 0.0982. The number of rotatable bonds is 36. The number of amides is 2. The molecule has 6 atom stereocenters. The maximum atomic E-state index is 13.8. The smallest absolute Gasteiger partial charge is 0.237 e. The van der Waals surface area contributed by atoms with Crippen LogP contribution in [0, 0.1) is 0 Å². The van der Waals surface area contributed by atoms with E-state index in [2.05, 4.69) is 31.3 Å². The molecule has 9 heteroatoms. The number of carbonyl (C=O) groups is 2. The van der Waals surface area contributed by atoms with Crippen LogP contribution in [0.5, 0.6) is 0 Å². The van der Waals surface area contributed by atoms with Crippen LogP contribution in [0.4, 0.5) is 0 Å². The summed E-state index contributed by atoms with van der Waals surface area (Å²) in [4.78, 5) is 28.1. The van der Waals surface area contributed by atoms with E-state index in [0.29, 0.717) is 13.0 Å². The Morgan fingerprint density at radius 1 is 0.648 bits per heavy atom. The second-order valence-electron chi connectivity index (χ2n) is 16.3. The van der Waals surface area contributed by atoms with E-state index in [1.165, 1.54) is 128 Å². The number of aliphatic hydroxyl groups is 3. The van der Waals surface area contributed by atoms with E-state index in [1.807, 2.05) is 0 Å². The Labute approximate surface area is 332 Å². The molecule has 0 spiro atoms. The Kier molecular flexibility index (Phi) is 32.5. The van der Waals surface area contributed by atoms with Crippen molar-refractivity contribution in [3.8, 4) is 0 Å². The standard InChI is InChI=1S/C45H87N3O6/c1-4-6-8-10-12-14-16-18-20-22-24-26-28-30-32-34-36-48(45-41(47-44(53)38(3)46)43(52)42(51)39(37-49)54-45)40(50)35-33-31-29-27-25-23-21-19-17-15-13-11-9-7-5-2/h19,21,38-39,41-43,45,49,51-52H,4-18,20,22-37,46H2,1-3H3,(H,47,53)/b21-19+/t38-,39+,41+,42+,43+,45+/m0/s1. The summed E-state index contributed by atoms with van der Waals surface area (Å²) < 4.78 is 6.09. The van der Waals surface area contributed by atoms with Crippen LogP contribution in [0.3, 0.4) is 0 Å². The number of carbonyl (C=O) groups excluding carboxylic acids is 2. The van der Waals surface area contributed by atoms with Gasteiger partial charge in [0.1, 0.15) is 24.4 Å². The molecule has 0 saturated carbocycles. The lowest BCUT2D eigenvalue weighted by molar-refractivity contribution is -0.231. The highest BCUT2D eigenvalue weighted by atomic mass is 16.5. The third kappa shape index (κ3) is 24.2. The first kappa shape index (κ1) is 50.5. The summed E-state index contributed by atoms with van der Waals surface area (Å²) in [5.74, 6) is -0.603. The van der Waals surface area contributed by atoms with Crippen molar-refractivity contribution in [3.63, 3.8) is 0 Å². The van der Waals surface area contributed by atoms with Gasteiger partial charge < -0.3 is 36.0 Å². The second kappa shape index (κ2) is 34.7. The van der Waals surface area contributed by atoms with E-state index in [-0.39, 0.29) is 5.91 Å². The molecule has 318 valence electrons. The Hall–Kier alpha value is -1.52. The molecule has 0 radical (unpaired) electrons. The van der Waals surface area contributed by atoms with Gasteiger partial charge in [0.25, 0.3) is 0 Å². The lowest BCUT2D eigenvalue weighted by atomic mass is 9.94.